The highest BCUT2D eigenvalue weighted by molar-refractivity contribution is 7.89. The van der Waals surface area contributed by atoms with Crippen molar-refractivity contribution in [1.82, 2.24) is 9.21 Å². The van der Waals surface area contributed by atoms with Crippen molar-refractivity contribution >= 4 is 27.3 Å². The van der Waals surface area contributed by atoms with E-state index in [1.165, 1.54) is 22.1 Å². The molecule has 1 N–H and O–H groups in total. The van der Waals surface area contributed by atoms with Gasteiger partial charge in [0, 0.05) is 56.2 Å². The maximum absolute atomic E-state index is 12.8. The largest absolute Gasteiger partial charge is 0.369 e. The molecule has 1 saturated heterocycles. The van der Waals surface area contributed by atoms with Crippen LogP contribution in [0, 0.1) is 6.92 Å². The van der Waals surface area contributed by atoms with Crippen molar-refractivity contribution < 1.29 is 13.2 Å². The molecule has 0 aliphatic carbocycles. The number of benzene rings is 2. The predicted molar refractivity (Wildman–Crippen MR) is 130 cm³/mol. The number of likely N-dealkylation sites (N-methyl/N-ethyl adjacent to an activating group) is 1. The molecule has 7 nitrogen and oxygen atoms in total. The maximum atomic E-state index is 12.8. The summed E-state index contributed by atoms with van der Waals surface area (Å²) >= 11 is 0. The number of piperazine rings is 1. The van der Waals surface area contributed by atoms with Crippen LogP contribution < -0.4 is 10.2 Å². The lowest BCUT2D eigenvalue weighted by Gasteiger charge is -2.36. The topological polar surface area (TPSA) is 73.0 Å². The van der Waals surface area contributed by atoms with Gasteiger partial charge in [-0.3, -0.25) is 4.79 Å². The summed E-state index contributed by atoms with van der Waals surface area (Å²) in [7, 11) is -2.11. The normalized spacial score (nSPS) is 15.4. The molecule has 0 spiro atoms. The second-order valence-corrected chi connectivity index (χ2v) is 10.5. The zero-order valence-corrected chi connectivity index (χ0v) is 20.4. The Balaban J connectivity index is 1.73. The minimum Gasteiger partial charge on any atom is -0.369 e. The molecule has 0 bridgehead atoms. The molecule has 0 unspecified atom stereocenters. The number of nitrogens with one attached hydrogen (secondary N) is 1. The van der Waals surface area contributed by atoms with Gasteiger partial charge in [0.25, 0.3) is 5.91 Å². The van der Waals surface area contributed by atoms with Gasteiger partial charge in [0.2, 0.25) is 10.0 Å². The molecule has 2 aromatic rings. The number of carbonyl (C=O) groups excluding carboxylic acids is 1. The summed E-state index contributed by atoms with van der Waals surface area (Å²) < 4.78 is 26.8. The second-order valence-electron chi connectivity index (χ2n) is 8.52. The molecule has 2 aromatic carbocycles. The molecule has 0 aromatic heterocycles. The summed E-state index contributed by atoms with van der Waals surface area (Å²) in [6.45, 7) is 13.0. The fourth-order valence-electron chi connectivity index (χ4n) is 3.84. The molecule has 0 radical (unpaired) electrons. The number of carbonyl (C=O) groups is 1. The van der Waals surface area contributed by atoms with Crippen molar-refractivity contribution in [3.63, 3.8) is 0 Å². The lowest BCUT2D eigenvalue weighted by Crippen LogP contribution is -2.46. The molecule has 8 heteroatoms. The average Bonchev–Trinajstić information content (AvgIpc) is 2.78. The molecule has 32 heavy (non-hydrogen) atoms. The van der Waals surface area contributed by atoms with E-state index < -0.39 is 10.0 Å². The van der Waals surface area contributed by atoms with Crippen LogP contribution in [0.5, 0.6) is 0 Å². The number of sulfonamides is 1. The van der Waals surface area contributed by atoms with Crippen molar-refractivity contribution in [1.29, 1.82) is 0 Å². The quantitative estimate of drug-likeness (QED) is 0.688. The van der Waals surface area contributed by atoms with Crippen molar-refractivity contribution in [3.05, 3.63) is 53.6 Å². The fraction of sp³-hybridized carbons (Fsp3) is 0.458. The van der Waals surface area contributed by atoms with E-state index in [9.17, 15) is 13.2 Å². The van der Waals surface area contributed by atoms with Crippen LogP contribution in [0.25, 0.3) is 0 Å². The van der Waals surface area contributed by atoms with Crippen LogP contribution >= 0.6 is 0 Å². The number of hydrogen-bond acceptors (Lipinski definition) is 5. The van der Waals surface area contributed by atoms with Gasteiger partial charge in [-0.05, 0) is 69.3 Å². The molecule has 3 rings (SSSR count). The van der Waals surface area contributed by atoms with E-state index in [2.05, 4.69) is 22.0 Å². The first kappa shape index (κ1) is 24.2. The molecule has 0 atom stereocenters. The zero-order chi connectivity index (χ0) is 23.5. The Labute approximate surface area is 192 Å². The summed E-state index contributed by atoms with van der Waals surface area (Å²) in [5, 5.41) is 2.90. The van der Waals surface area contributed by atoms with Crippen LogP contribution in [-0.2, 0) is 10.0 Å². The first-order valence-corrected chi connectivity index (χ1v) is 12.5. The molecule has 1 heterocycles. The monoisotopic (exact) mass is 458 g/mol. The third kappa shape index (κ3) is 5.31. The molecule has 1 fully saturated rings. The predicted octanol–water partition coefficient (Wildman–Crippen LogP) is 3.42. The average molecular weight is 459 g/mol. The second kappa shape index (κ2) is 10.0. The van der Waals surface area contributed by atoms with Crippen LogP contribution in [0.2, 0.25) is 0 Å². The van der Waals surface area contributed by atoms with Gasteiger partial charge in [0.1, 0.15) is 0 Å². The first-order valence-electron chi connectivity index (χ1n) is 11.1. The Morgan fingerprint density at radius 2 is 1.78 bits per heavy atom. The highest BCUT2D eigenvalue weighted by Crippen LogP contribution is 2.25. The van der Waals surface area contributed by atoms with Crippen molar-refractivity contribution in [2.75, 3.05) is 50.0 Å². The molecular formula is C24H34N4O3S. The van der Waals surface area contributed by atoms with Crippen LogP contribution in [0.4, 0.5) is 11.4 Å². The third-order valence-electron chi connectivity index (χ3n) is 6.12. The van der Waals surface area contributed by atoms with Crippen LogP contribution in [0.15, 0.2) is 47.4 Å². The van der Waals surface area contributed by atoms with E-state index in [0.717, 1.165) is 38.3 Å². The Hall–Kier alpha value is -2.42. The van der Waals surface area contributed by atoms with Gasteiger partial charge in [0.15, 0.2) is 0 Å². The molecule has 0 saturated carbocycles. The molecule has 1 aliphatic heterocycles. The number of rotatable bonds is 7. The Morgan fingerprint density at radius 3 is 2.38 bits per heavy atom. The summed E-state index contributed by atoms with van der Waals surface area (Å²) in [5.74, 6) is -0.335. The standard InChI is InChI=1S/C24H34N4O3S/c1-6-27-12-14-28(15-13-27)23-11-10-21(16-19(23)4)25-24(29)20-8-7-9-22(17-20)32(30,31)26(5)18(2)3/h7-11,16-18H,6,12-15H2,1-5H3,(H,25,29). The third-order valence-corrected chi connectivity index (χ3v) is 8.14. The number of aryl methyl sites for hydroxylation is 1. The van der Waals surface area contributed by atoms with Crippen LogP contribution in [-0.4, -0.2) is 69.3 Å². The fourth-order valence-corrected chi connectivity index (χ4v) is 5.25. The highest BCUT2D eigenvalue weighted by atomic mass is 32.2. The summed E-state index contributed by atoms with van der Waals surface area (Å²) in [5.41, 5.74) is 3.28. The van der Waals surface area contributed by atoms with E-state index in [1.807, 2.05) is 39.0 Å². The molecule has 174 valence electrons. The molecule has 1 aliphatic rings. The molecule has 1 amide bonds. The van der Waals surface area contributed by atoms with Gasteiger partial charge in [-0.2, -0.15) is 4.31 Å². The van der Waals surface area contributed by atoms with Gasteiger partial charge >= 0.3 is 0 Å². The number of nitrogens with zero attached hydrogens (tertiary/aromatic N) is 3. The van der Waals surface area contributed by atoms with E-state index in [4.69, 9.17) is 0 Å². The van der Waals surface area contributed by atoms with Crippen LogP contribution in [0.1, 0.15) is 36.7 Å². The van der Waals surface area contributed by atoms with Crippen molar-refractivity contribution in [2.45, 2.75) is 38.6 Å². The van der Waals surface area contributed by atoms with E-state index in [1.54, 1.807) is 19.2 Å². The molecular weight excluding hydrogens is 424 g/mol. The Morgan fingerprint density at radius 1 is 1.09 bits per heavy atom. The summed E-state index contributed by atoms with van der Waals surface area (Å²) in [6.07, 6.45) is 0. The van der Waals surface area contributed by atoms with Crippen molar-refractivity contribution in [2.24, 2.45) is 0 Å². The van der Waals surface area contributed by atoms with Gasteiger partial charge < -0.3 is 15.1 Å². The van der Waals surface area contributed by atoms with Gasteiger partial charge in [-0.25, -0.2) is 8.42 Å². The first-order chi connectivity index (χ1) is 15.1. The lowest BCUT2D eigenvalue weighted by molar-refractivity contribution is 0.102. The maximum Gasteiger partial charge on any atom is 0.255 e. The van der Waals surface area contributed by atoms with E-state index >= 15 is 0 Å². The number of amides is 1. The smallest absolute Gasteiger partial charge is 0.255 e. The van der Waals surface area contributed by atoms with E-state index in [-0.39, 0.29) is 16.8 Å². The van der Waals surface area contributed by atoms with Gasteiger partial charge in [-0.1, -0.05) is 13.0 Å². The minimum absolute atomic E-state index is 0.110. The van der Waals surface area contributed by atoms with Gasteiger partial charge in [0.05, 0.1) is 4.90 Å². The number of hydrogen-bond donors (Lipinski definition) is 1. The minimum atomic E-state index is -3.65. The Kier molecular flexibility index (Phi) is 7.59. The summed E-state index contributed by atoms with van der Waals surface area (Å²) in [4.78, 5) is 17.8. The SMILES string of the molecule is CCN1CCN(c2ccc(NC(=O)c3cccc(S(=O)(=O)N(C)C(C)C)c3)cc2C)CC1. The van der Waals surface area contributed by atoms with Gasteiger partial charge in [-0.15, -0.1) is 0 Å². The lowest BCUT2D eigenvalue weighted by atomic mass is 10.1. The summed E-state index contributed by atoms with van der Waals surface area (Å²) in [6, 6.07) is 11.9. The number of anilines is 2. The van der Waals surface area contributed by atoms with Crippen LogP contribution in [0.3, 0.4) is 0 Å². The van der Waals surface area contributed by atoms with E-state index in [0.29, 0.717) is 11.3 Å². The van der Waals surface area contributed by atoms with Crippen molar-refractivity contribution in [3.8, 4) is 0 Å². The zero-order valence-electron chi connectivity index (χ0n) is 19.6. The highest BCUT2D eigenvalue weighted by Gasteiger charge is 2.24. The Bertz CT molecular complexity index is 1060.